The van der Waals surface area contributed by atoms with Gasteiger partial charge in [-0.2, -0.15) is 0 Å². The number of halogens is 2. The van der Waals surface area contributed by atoms with Crippen LogP contribution in [0.15, 0.2) is 46.9 Å². The summed E-state index contributed by atoms with van der Waals surface area (Å²) in [5.74, 6) is -0.621. The topological polar surface area (TPSA) is 55.1 Å². The highest BCUT2D eigenvalue weighted by Crippen LogP contribution is 2.19. The minimum Gasteiger partial charge on any atom is -0.397 e. The number of rotatable bonds is 3. The summed E-state index contributed by atoms with van der Waals surface area (Å²) in [6, 6.07) is 11.3. The van der Waals surface area contributed by atoms with Crippen molar-refractivity contribution < 1.29 is 9.18 Å². The highest BCUT2D eigenvalue weighted by Gasteiger charge is 2.07. The van der Waals surface area contributed by atoms with Gasteiger partial charge in [-0.15, -0.1) is 0 Å². The van der Waals surface area contributed by atoms with Crippen molar-refractivity contribution in [3.63, 3.8) is 0 Å². The van der Waals surface area contributed by atoms with Crippen LogP contribution in [0, 0.1) is 5.82 Å². The Morgan fingerprint density at radius 2 is 1.89 bits per heavy atom. The van der Waals surface area contributed by atoms with Crippen molar-refractivity contribution in [3.8, 4) is 0 Å². The van der Waals surface area contributed by atoms with Crippen molar-refractivity contribution in [2.45, 2.75) is 6.42 Å². The Hall–Kier alpha value is -1.88. The fourth-order valence-electron chi connectivity index (χ4n) is 1.63. The number of nitrogen functional groups attached to an aromatic ring is 1. The molecule has 19 heavy (non-hydrogen) atoms. The van der Waals surface area contributed by atoms with E-state index in [1.165, 1.54) is 18.2 Å². The van der Waals surface area contributed by atoms with Gasteiger partial charge in [0.2, 0.25) is 5.91 Å². The van der Waals surface area contributed by atoms with E-state index in [0.29, 0.717) is 5.69 Å². The number of hydrogen-bond donors (Lipinski definition) is 2. The molecule has 0 aliphatic carbocycles. The molecular weight excluding hydrogens is 311 g/mol. The highest BCUT2D eigenvalue weighted by molar-refractivity contribution is 9.10. The summed E-state index contributed by atoms with van der Waals surface area (Å²) < 4.78 is 13.8. The average Bonchev–Trinajstić information content (AvgIpc) is 2.36. The van der Waals surface area contributed by atoms with Gasteiger partial charge in [0, 0.05) is 4.47 Å². The van der Waals surface area contributed by atoms with Crippen molar-refractivity contribution in [1.29, 1.82) is 0 Å². The maximum absolute atomic E-state index is 12.9. The Morgan fingerprint density at radius 3 is 2.53 bits per heavy atom. The van der Waals surface area contributed by atoms with Crippen molar-refractivity contribution in [1.82, 2.24) is 0 Å². The number of amides is 1. The lowest BCUT2D eigenvalue weighted by atomic mass is 10.1. The molecule has 2 rings (SSSR count). The molecule has 98 valence electrons. The summed E-state index contributed by atoms with van der Waals surface area (Å²) in [5.41, 5.74) is 7.14. The Balaban J connectivity index is 2.03. The number of carbonyl (C=O) groups is 1. The van der Waals surface area contributed by atoms with E-state index < -0.39 is 5.82 Å². The summed E-state index contributed by atoms with van der Waals surface area (Å²) in [5, 5.41) is 2.66. The van der Waals surface area contributed by atoms with E-state index in [4.69, 9.17) is 5.73 Å². The third-order valence-electron chi connectivity index (χ3n) is 2.57. The third kappa shape index (κ3) is 3.79. The first-order valence-corrected chi connectivity index (χ1v) is 6.43. The molecule has 0 unspecified atom stereocenters. The fourth-order valence-corrected chi connectivity index (χ4v) is 1.89. The third-order valence-corrected chi connectivity index (χ3v) is 3.09. The van der Waals surface area contributed by atoms with Crippen LogP contribution in [0.25, 0.3) is 0 Å². The van der Waals surface area contributed by atoms with Crippen LogP contribution in [0.3, 0.4) is 0 Å². The van der Waals surface area contributed by atoms with E-state index in [1.807, 2.05) is 24.3 Å². The molecule has 0 atom stereocenters. The van der Waals surface area contributed by atoms with Gasteiger partial charge < -0.3 is 11.1 Å². The quantitative estimate of drug-likeness (QED) is 0.851. The predicted octanol–water partition coefficient (Wildman–Crippen LogP) is 3.35. The largest absolute Gasteiger partial charge is 0.397 e. The van der Waals surface area contributed by atoms with E-state index in [-0.39, 0.29) is 18.0 Å². The van der Waals surface area contributed by atoms with E-state index in [1.54, 1.807) is 0 Å². The monoisotopic (exact) mass is 322 g/mol. The second-order valence-corrected chi connectivity index (χ2v) is 5.00. The number of benzene rings is 2. The summed E-state index contributed by atoms with van der Waals surface area (Å²) >= 11 is 3.33. The summed E-state index contributed by atoms with van der Waals surface area (Å²) in [4.78, 5) is 11.8. The number of nitrogens with one attached hydrogen (secondary N) is 1. The molecular formula is C14H12BrFN2O. The van der Waals surface area contributed by atoms with Gasteiger partial charge >= 0.3 is 0 Å². The smallest absolute Gasteiger partial charge is 0.228 e. The summed E-state index contributed by atoms with van der Waals surface area (Å²) in [7, 11) is 0. The Bertz CT molecular complexity index is 599. The molecule has 3 N–H and O–H groups in total. The first kappa shape index (κ1) is 13.5. The van der Waals surface area contributed by atoms with Crippen molar-refractivity contribution in [2.24, 2.45) is 0 Å². The van der Waals surface area contributed by atoms with Crippen LogP contribution in [0.2, 0.25) is 0 Å². The lowest BCUT2D eigenvalue weighted by Crippen LogP contribution is -2.15. The van der Waals surface area contributed by atoms with Gasteiger partial charge in [-0.1, -0.05) is 28.1 Å². The molecule has 0 heterocycles. The minimum atomic E-state index is -0.427. The van der Waals surface area contributed by atoms with Crippen LogP contribution >= 0.6 is 15.9 Å². The number of carbonyl (C=O) groups excluding carboxylic acids is 1. The lowest BCUT2D eigenvalue weighted by Gasteiger charge is -2.08. The zero-order valence-electron chi connectivity index (χ0n) is 9.99. The molecule has 3 nitrogen and oxygen atoms in total. The molecule has 0 spiro atoms. The van der Waals surface area contributed by atoms with Gasteiger partial charge in [0.25, 0.3) is 0 Å². The van der Waals surface area contributed by atoms with E-state index in [9.17, 15) is 9.18 Å². The number of hydrogen-bond acceptors (Lipinski definition) is 2. The van der Waals surface area contributed by atoms with Gasteiger partial charge in [-0.25, -0.2) is 4.39 Å². The molecule has 0 radical (unpaired) electrons. The first-order chi connectivity index (χ1) is 9.04. The summed E-state index contributed by atoms with van der Waals surface area (Å²) in [6.45, 7) is 0. The van der Waals surface area contributed by atoms with Crippen molar-refractivity contribution >= 4 is 33.2 Å². The first-order valence-electron chi connectivity index (χ1n) is 5.64. The predicted molar refractivity (Wildman–Crippen MR) is 77.3 cm³/mol. The normalized spacial score (nSPS) is 10.2. The average molecular weight is 323 g/mol. The zero-order valence-corrected chi connectivity index (χ0v) is 11.6. The Kier molecular flexibility index (Phi) is 4.16. The van der Waals surface area contributed by atoms with Crippen LogP contribution < -0.4 is 11.1 Å². The molecule has 0 saturated carbocycles. The van der Waals surface area contributed by atoms with Crippen molar-refractivity contribution in [3.05, 3.63) is 58.3 Å². The second kappa shape index (κ2) is 5.84. The number of anilines is 2. The van der Waals surface area contributed by atoms with E-state index >= 15 is 0 Å². The fraction of sp³-hybridized carbons (Fsp3) is 0.0714. The second-order valence-electron chi connectivity index (χ2n) is 4.08. The van der Waals surface area contributed by atoms with Crippen LogP contribution in [-0.2, 0) is 11.2 Å². The molecule has 0 fully saturated rings. The maximum Gasteiger partial charge on any atom is 0.228 e. The van der Waals surface area contributed by atoms with Gasteiger partial charge in [0.05, 0.1) is 17.8 Å². The number of nitrogens with two attached hydrogens (primary N) is 1. The van der Waals surface area contributed by atoms with Gasteiger partial charge in [-0.3, -0.25) is 4.79 Å². The van der Waals surface area contributed by atoms with Gasteiger partial charge in [0.1, 0.15) is 5.82 Å². The van der Waals surface area contributed by atoms with Crippen LogP contribution in [0.1, 0.15) is 5.56 Å². The highest BCUT2D eigenvalue weighted by atomic mass is 79.9. The molecule has 0 aliphatic rings. The van der Waals surface area contributed by atoms with Crippen LogP contribution in [-0.4, -0.2) is 5.91 Å². The lowest BCUT2D eigenvalue weighted by molar-refractivity contribution is -0.115. The van der Waals surface area contributed by atoms with E-state index in [2.05, 4.69) is 21.2 Å². The summed E-state index contributed by atoms with van der Waals surface area (Å²) in [6.07, 6.45) is 0.240. The van der Waals surface area contributed by atoms with Crippen molar-refractivity contribution in [2.75, 3.05) is 11.1 Å². The molecule has 0 aliphatic heterocycles. The molecule has 2 aromatic rings. The standard InChI is InChI=1S/C14H12BrFN2O/c15-10-3-1-9(2-4-10)7-14(19)18-13-6-5-11(16)8-12(13)17/h1-6,8H,7,17H2,(H,18,19). The molecule has 5 heteroatoms. The molecule has 2 aromatic carbocycles. The van der Waals surface area contributed by atoms with Gasteiger partial charge in [-0.05, 0) is 35.9 Å². The van der Waals surface area contributed by atoms with Crippen LogP contribution in [0.4, 0.5) is 15.8 Å². The SMILES string of the molecule is Nc1cc(F)ccc1NC(=O)Cc1ccc(Br)cc1. The van der Waals surface area contributed by atoms with Gasteiger partial charge in [0.15, 0.2) is 0 Å². The maximum atomic E-state index is 12.9. The Labute approximate surface area is 118 Å². The molecule has 0 bridgehead atoms. The van der Waals surface area contributed by atoms with Crippen LogP contribution in [0.5, 0.6) is 0 Å². The van der Waals surface area contributed by atoms with E-state index in [0.717, 1.165) is 10.0 Å². The zero-order chi connectivity index (χ0) is 13.8. The molecule has 1 amide bonds. The molecule has 0 saturated heterocycles. The molecule has 0 aromatic heterocycles. The minimum absolute atomic E-state index is 0.194. The Morgan fingerprint density at radius 1 is 1.21 bits per heavy atom.